The SMILES string of the molecule is CC[NH+](CC)Cc1c(O)ccc2c(C)c(CC(=O)OC)c(=O)oc12. The highest BCUT2D eigenvalue weighted by Crippen LogP contribution is 2.29. The maximum Gasteiger partial charge on any atom is 0.340 e. The summed E-state index contributed by atoms with van der Waals surface area (Å²) in [7, 11) is 1.28. The van der Waals surface area contributed by atoms with Crippen molar-refractivity contribution < 1.29 is 24.0 Å². The summed E-state index contributed by atoms with van der Waals surface area (Å²) in [5.74, 6) is -0.374. The van der Waals surface area contributed by atoms with Crippen LogP contribution in [0.15, 0.2) is 21.3 Å². The maximum absolute atomic E-state index is 12.3. The topological polar surface area (TPSA) is 81.2 Å². The summed E-state index contributed by atoms with van der Waals surface area (Å²) in [5.41, 5.74) is 1.43. The lowest BCUT2D eigenvalue weighted by molar-refractivity contribution is -0.910. The van der Waals surface area contributed by atoms with Crippen molar-refractivity contribution in [1.29, 1.82) is 0 Å². The minimum Gasteiger partial charge on any atom is -0.507 e. The zero-order chi connectivity index (χ0) is 17.9. The van der Waals surface area contributed by atoms with Gasteiger partial charge in [0.25, 0.3) is 0 Å². The largest absolute Gasteiger partial charge is 0.507 e. The minimum absolute atomic E-state index is 0.116. The summed E-state index contributed by atoms with van der Waals surface area (Å²) in [5, 5.41) is 11.0. The van der Waals surface area contributed by atoms with Crippen molar-refractivity contribution in [1.82, 2.24) is 0 Å². The number of hydrogen-bond donors (Lipinski definition) is 2. The normalized spacial score (nSPS) is 11.2. The molecule has 0 atom stereocenters. The molecule has 130 valence electrons. The Kier molecular flexibility index (Phi) is 5.62. The summed E-state index contributed by atoms with van der Waals surface area (Å²) in [6.45, 7) is 8.28. The van der Waals surface area contributed by atoms with Crippen LogP contribution in [0.5, 0.6) is 5.75 Å². The Morgan fingerprint density at radius 2 is 1.92 bits per heavy atom. The van der Waals surface area contributed by atoms with Gasteiger partial charge in [-0.1, -0.05) is 0 Å². The van der Waals surface area contributed by atoms with Crippen LogP contribution < -0.4 is 10.5 Å². The molecule has 1 aromatic heterocycles. The number of fused-ring (bicyclic) bond motifs is 1. The van der Waals surface area contributed by atoms with Gasteiger partial charge in [0.15, 0.2) is 5.58 Å². The molecule has 6 nitrogen and oxygen atoms in total. The van der Waals surface area contributed by atoms with E-state index >= 15 is 0 Å². The van der Waals surface area contributed by atoms with Gasteiger partial charge in [0.05, 0.1) is 37.7 Å². The van der Waals surface area contributed by atoms with E-state index in [-0.39, 0.29) is 12.2 Å². The van der Waals surface area contributed by atoms with Gasteiger partial charge in [-0.3, -0.25) is 4.79 Å². The van der Waals surface area contributed by atoms with E-state index in [1.165, 1.54) is 12.0 Å². The molecule has 24 heavy (non-hydrogen) atoms. The number of phenols is 1. The number of carbonyl (C=O) groups excluding carboxylic acids is 1. The van der Waals surface area contributed by atoms with Crippen LogP contribution in [0.1, 0.15) is 30.5 Å². The first-order valence-electron chi connectivity index (χ1n) is 8.10. The molecule has 0 aliphatic carbocycles. The molecule has 0 aliphatic rings. The molecule has 1 aromatic carbocycles. The number of aryl methyl sites for hydroxylation is 1. The number of quaternary nitrogens is 1. The maximum atomic E-state index is 12.3. The monoisotopic (exact) mass is 334 g/mol. The van der Waals surface area contributed by atoms with Crippen LogP contribution in [0.3, 0.4) is 0 Å². The second-order valence-corrected chi connectivity index (χ2v) is 5.82. The van der Waals surface area contributed by atoms with Gasteiger partial charge >= 0.3 is 11.6 Å². The number of nitrogens with one attached hydrogen (secondary N) is 1. The van der Waals surface area contributed by atoms with Crippen molar-refractivity contribution in [2.75, 3.05) is 20.2 Å². The third kappa shape index (κ3) is 3.43. The predicted molar refractivity (Wildman–Crippen MR) is 90.4 cm³/mol. The summed E-state index contributed by atoms with van der Waals surface area (Å²) in [6, 6.07) is 3.32. The van der Waals surface area contributed by atoms with Crippen molar-refractivity contribution in [3.63, 3.8) is 0 Å². The number of benzene rings is 1. The molecule has 0 bridgehead atoms. The number of rotatable bonds is 6. The van der Waals surface area contributed by atoms with E-state index < -0.39 is 11.6 Å². The minimum atomic E-state index is -0.563. The van der Waals surface area contributed by atoms with Gasteiger partial charge in [-0.2, -0.15) is 0 Å². The van der Waals surface area contributed by atoms with Crippen molar-refractivity contribution in [3.05, 3.63) is 39.2 Å². The van der Waals surface area contributed by atoms with Crippen LogP contribution in [0.2, 0.25) is 0 Å². The van der Waals surface area contributed by atoms with Gasteiger partial charge in [-0.25, -0.2) is 4.79 Å². The number of aromatic hydroxyl groups is 1. The van der Waals surface area contributed by atoms with Crippen LogP contribution in [0, 0.1) is 6.92 Å². The number of phenolic OH excluding ortho intramolecular Hbond substituents is 1. The third-order valence-corrected chi connectivity index (χ3v) is 4.51. The highest BCUT2D eigenvalue weighted by molar-refractivity contribution is 5.86. The molecule has 0 unspecified atom stereocenters. The van der Waals surface area contributed by atoms with E-state index in [4.69, 9.17) is 4.42 Å². The molecule has 2 rings (SSSR count). The molecule has 0 aliphatic heterocycles. The fourth-order valence-electron chi connectivity index (χ4n) is 2.84. The molecule has 0 saturated carbocycles. The van der Waals surface area contributed by atoms with Gasteiger partial charge in [-0.05, 0) is 38.5 Å². The molecule has 2 N–H and O–H groups in total. The average molecular weight is 334 g/mol. The Bertz CT molecular complexity index is 805. The summed E-state index contributed by atoms with van der Waals surface area (Å²) in [4.78, 5) is 25.1. The summed E-state index contributed by atoms with van der Waals surface area (Å²) < 4.78 is 10.1. The standard InChI is InChI=1S/C18H23NO5/c1-5-19(6-2)10-14-15(20)8-7-12-11(3)13(9-16(21)23-4)18(22)24-17(12)14/h7-8,20H,5-6,9-10H2,1-4H3/p+1. The first-order chi connectivity index (χ1) is 11.4. The average Bonchev–Trinajstić information content (AvgIpc) is 2.57. The van der Waals surface area contributed by atoms with Crippen molar-refractivity contribution >= 4 is 16.9 Å². The fraction of sp³-hybridized carbons (Fsp3) is 0.444. The van der Waals surface area contributed by atoms with Crippen LogP contribution in [-0.2, 0) is 22.5 Å². The number of esters is 1. The molecular weight excluding hydrogens is 310 g/mol. The number of carbonyl (C=O) groups is 1. The molecule has 0 radical (unpaired) electrons. The van der Waals surface area contributed by atoms with Gasteiger partial charge in [0.2, 0.25) is 0 Å². The smallest absolute Gasteiger partial charge is 0.340 e. The van der Waals surface area contributed by atoms with Crippen LogP contribution in [0.25, 0.3) is 11.0 Å². The fourth-order valence-corrected chi connectivity index (χ4v) is 2.84. The molecular formula is C18H24NO5+. The number of methoxy groups -OCH3 is 1. The van der Waals surface area contributed by atoms with Crippen molar-refractivity contribution in [3.8, 4) is 5.75 Å². The Balaban J connectivity index is 2.63. The van der Waals surface area contributed by atoms with Gasteiger partial charge in [0.1, 0.15) is 12.3 Å². The highest BCUT2D eigenvalue weighted by Gasteiger charge is 2.20. The molecule has 0 amide bonds. The third-order valence-electron chi connectivity index (χ3n) is 4.51. The molecule has 6 heteroatoms. The Hall–Kier alpha value is -2.34. The van der Waals surface area contributed by atoms with Gasteiger partial charge < -0.3 is 19.2 Å². The van der Waals surface area contributed by atoms with E-state index in [0.29, 0.717) is 28.8 Å². The van der Waals surface area contributed by atoms with Gasteiger partial charge in [-0.15, -0.1) is 0 Å². The van der Waals surface area contributed by atoms with Crippen molar-refractivity contribution in [2.24, 2.45) is 0 Å². The number of ether oxygens (including phenoxy) is 1. The lowest BCUT2D eigenvalue weighted by atomic mass is 10.0. The van der Waals surface area contributed by atoms with Crippen LogP contribution in [-0.4, -0.2) is 31.3 Å². The Morgan fingerprint density at radius 1 is 1.25 bits per heavy atom. The van der Waals surface area contributed by atoms with Crippen LogP contribution >= 0.6 is 0 Å². The molecule has 1 heterocycles. The number of hydrogen-bond acceptors (Lipinski definition) is 5. The lowest BCUT2D eigenvalue weighted by Crippen LogP contribution is -3.10. The quantitative estimate of drug-likeness (QED) is 0.607. The zero-order valence-corrected chi connectivity index (χ0v) is 14.6. The molecule has 2 aromatic rings. The summed E-state index contributed by atoms with van der Waals surface area (Å²) in [6.07, 6.45) is -0.127. The second-order valence-electron chi connectivity index (χ2n) is 5.82. The van der Waals surface area contributed by atoms with E-state index in [2.05, 4.69) is 18.6 Å². The Morgan fingerprint density at radius 3 is 2.50 bits per heavy atom. The van der Waals surface area contributed by atoms with E-state index in [0.717, 1.165) is 18.5 Å². The van der Waals surface area contributed by atoms with Gasteiger partial charge in [0, 0.05) is 5.39 Å². The van der Waals surface area contributed by atoms with E-state index in [1.807, 2.05) is 0 Å². The second kappa shape index (κ2) is 7.49. The van der Waals surface area contributed by atoms with E-state index in [1.54, 1.807) is 19.1 Å². The van der Waals surface area contributed by atoms with E-state index in [9.17, 15) is 14.7 Å². The molecule has 0 saturated heterocycles. The first kappa shape index (κ1) is 18.0. The molecule has 0 fully saturated rings. The van der Waals surface area contributed by atoms with Crippen LogP contribution in [0.4, 0.5) is 0 Å². The lowest BCUT2D eigenvalue weighted by Gasteiger charge is -2.17. The van der Waals surface area contributed by atoms with Crippen molar-refractivity contribution in [2.45, 2.75) is 33.7 Å². The Labute approximate surface area is 140 Å². The predicted octanol–water partition coefficient (Wildman–Crippen LogP) is 0.947. The summed E-state index contributed by atoms with van der Waals surface area (Å²) >= 11 is 0. The highest BCUT2D eigenvalue weighted by atomic mass is 16.5. The first-order valence-corrected chi connectivity index (χ1v) is 8.10. The zero-order valence-electron chi connectivity index (χ0n) is 14.6. The molecule has 0 spiro atoms.